The van der Waals surface area contributed by atoms with Crippen molar-refractivity contribution < 1.29 is 21.1 Å². The normalized spacial score (nSPS) is 15.0. The van der Waals surface area contributed by atoms with Crippen LogP contribution in [0.1, 0.15) is 39.0 Å². The summed E-state index contributed by atoms with van der Waals surface area (Å²) in [5.74, 6) is 1.10. The van der Waals surface area contributed by atoms with Crippen molar-refractivity contribution in [3.05, 3.63) is 22.3 Å². The van der Waals surface area contributed by atoms with Gasteiger partial charge in [-0.3, -0.25) is 0 Å². The van der Waals surface area contributed by atoms with E-state index in [2.05, 4.69) is 6.92 Å². The molecule has 0 unspecified atom stereocenters. The van der Waals surface area contributed by atoms with E-state index in [4.69, 9.17) is 0 Å². The van der Waals surface area contributed by atoms with Crippen LogP contribution in [-0.4, -0.2) is 0 Å². The molecule has 0 aromatic carbocycles. The maximum atomic E-state index is 2.30. The topological polar surface area (TPSA) is 0 Å². The van der Waals surface area contributed by atoms with Gasteiger partial charge < -0.3 is 22.3 Å². The van der Waals surface area contributed by atoms with Gasteiger partial charge in [0.25, 0.3) is 0 Å². The molecule has 0 spiro atoms. The smallest absolute Gasteiger partial charge is 0.358 e. The summed E-state index contributed by atoms with van der Waals surface area (Å²) in [5, 5.41) is 0. The van der Waals surface area contributed by atoms with Crippen LogP contribution in [-0.2, 0) is 21.1 Å². The van der Waals surface area contributed by atoms with E-state index in [0.29, 0.717) is 0 Å². The Kier molecular flexibility index (Phi) is 27.3. The SMILES string of the molecule is CCC1CCCC1.[CH3-].[CH3-].[CH3-].[Pt+4]. The Morgan fingerprint density at radius 1 is 1.00 bits per heavy atom. The molecule has 0 saturated heterocycles. The largest absolute Gasteiger partial charge is 4.00 e. The van der Waals surface area contributed by atoms with Crippen LogP contribution in [0.25, 0.3) is 0 Å². The van der Waals surface area contributed by atoms with Gasteiger partial charge in [0.2, 0.25) is 0 Å². The van der Waals surface area contributed by atoms with Gasteiger partial charge in [0.15, 0.2) is 0 Å². The van der Waals surface area contributed by atoms with Crippen LogP contribution in [0.15, 0.2) is 0 Å². The van der Waals surface area contributed by atoms with Gasteiger partial charge in [0, 0.05) is 0 Å². The number of rotatable bonds is 1. The fourth-order valence-electron chi connectivity index (χ4n) is 1.42. The average molecular weight is 338 g/mol. The van der Waals surface area contributed by atoms with Gasteiger partial charge in [0.1, 0.15) is 0 Å². The van der Waals surface area contributed by atoms with Crippen molar-refractivity contribution in [1.82, 2.24) is 0 Å². The van der Waals surface area contributed by atoms with E-state index < -0.39 is 0 Å². The third-order valence-corrected chi connectivity index (χ3v) is 2.05. The van der Waals surface area contributed by atoms with Crippen LogP contribution in [0.3, 0.4) is 0 Å². The Balaban J connectivity index is -0.0000000612. The van der Waals surface area contributed by atoms with E-state index in [-0.39, 0.29) is 43.3 Å². The Bertz CT molecular complexity index is 46.8. The molecule has 0 aromatic rings. The van der Waals surface area contributed by atoms with Crippen LogP contribution in [0.4, 0.5) is 0 Å². The van der Waals surface area contributed by atoms with Gasteiger partial charge in [-0.1, -0.05) is 39.0 Å². The first-order valence-corrected chi connectivity index (χ1v) is 3.43. The molecule has 0 bridgehead atoms. The summed E-state index contributed by atoms with van der Waals surface area (Å²) >= 11 is 0. The van der Waals surface area contributed by atoms with E-state index in [0.717, 1.165) is 5.92 Å². The zero-order valence-electron chi connectivity index (χ0n) is 8.43. The molecule has 11 heavy (non-hydrogen) atoms. The maximum absolute atomic E-state index is 2.30. The molecule has 0 aromatic heterocycles. The molecule has 72 valence electrons. The molecule has 1 rings (SSSR count). The van der Waals surface area contributed by atoms with Crippen molar-refractivity contribution in [2.24, 2.45) is 5.92 Å². The van der Waals surface area contributed by atoms with Crippen molar-refractivity contribution in [1.29, 1.82) is 0 Å². The van der Waals surface area contributed by atoms with Gasteiger partial charge in [-0.2, -0.15) is 0 Å². The Morgan fingerprint density at radius 3 is 1.55 bits per heavy atom. The van der Waals surface area contributed by atoms with E-state index in [1.165, 1.54) is 32.1 Å². The van der Waals surface area contributed by atoms with Gasteiger partial charge >= 0.3 is 21.1 Å². The zero-order valence-corrected chi connectivity index (χ0v) is 10.7. The van der Waals surface area contributed by atoms with Crippen LogP contribution in [0.2, 0.25) is 0 Å². The first-order chi connectivity index (χ1) is 3.43. The second-order valence-electron chi connectivity index (χ2n) is 2.56. The van der Waals surface area contributed by atoms with E-state index in [9.17, 15) is 0 Å². The molecule has 0 aliphatic heterocycles. The molecular weight excluding hydrogens is 315 g/mol. The first-order valence-electron chi connectivity index (χ1n) is 3.43. The standard InChI is InChI=1S/C7H14.3CH3.Pt/c1-2-7-5-3-4-6-7;;;;/h7H,2-6H2,1H3;3*1H3;/q;3*-1;+4. The molecule has 0 N–H and O–H groups in total. The fourth-order valence-corrected chi connectivity index (χ4v) is 1.42. The molecule has 0 atom stereocenters. The van der Waals surface area contributed by atoms with Crippen molar-refractivity contribution in [3.63, 3.8) is 0 Å². The molecular formula is C10H23Pt+. The van der Waals surface area contributed by atoms with Crippen LogP contribution >= 0.6 is 0 Å². The van der Waals surface area contributed by atoms with Gasteiger partial charge in [-0.05, 0) is 5.92 Å². The Hall–Kier alpha value is 0.688. The zero-order chi connectivity index (χ0) is 5.11. The van der Waals surface area contributed by atoms with Crippen LogP contribution < -0.4 is 0 Å². The van der Waals surface area contributed by atoms with Crippen molar-refractivity contribution in [2.45, 2.75) is 39.0 Å². The second kappa shape index (κ2) is 13.3. The molecule has 1 aliphatic carbocycles. The first kappa shape index (κ1) is 22.6. The maximum Gasteiger partial charge on any atom is 4.00 e. The van der Waals surface area contributed by atoms with E-state index in [1.807, 2.05) is 0 Å². The molecule has 1 aliphatic rings. The van der Waals surface area contributed by atoms with E-state index >= 15 is 0 Å². The van der Waals surface area contributed by atoms with Crippen LogP contribution in [0, 0.1) is 28.2 Å². The number of hydrogen-bond donors (Lipinski definition) is 0. The summed E-state index contributed by atoms with van der Waals surface area (Å²) in [6.07, 6.45) is 7.43. The summed E-state index contributed by atoms with van der Waals surface area (Å²) in [5.41, 5.74) is 0. The van der Waals surface area contributed by atoms with Crippen molar-refractivity contribution in [3.8, 4) is 0 Å². The third kappa shape index (κ3) is 8.60. The molecule has 0 nitrogen and oxygen atoms in total. The minimum Gasteiger partial charge on any atom is -0.358 e. The summed E-state index contributed by atoms with van der Waals surface area (Å²) < 4.78 is 0. The van der Waals surface area contributed by atoms with Crippen molar-refractivity contribution >= 4 is 0 Å². The monoisotopic (exact) mass is 338 g/mol. The van der Waals surface area contributed by atoms with E-state index in [1.54, 1.807) is 0 Å². The minimum atomic E-state index is 0. The molecule has 0 radical (unpaired) electrons. The number of hydrogen-bond acceptors (Lipinski definition) is 0. The summed E-state index contributed by atoms with van der Waals surface area (Å²) in [4.78, 5) is 0. The van der Waals surface area contributed by atoms with Crippen molar-refractivity contribution in [2.75, 3.05) is 0 Å². The predicted molar refractivity (Wildman–Crippen MR) is 51.5 cm³/mol. The molecule has 1 saturated carbocycles. The van der Waals surface area contributed by atoms with Gasteiger partial charge in [0.05, 0.1) is 0 Å². The van der Waals surface area contributed by atoms with Gasteiger partial charge in [-0.25, -0.2) is 0 Å². The Labute approximate surface area is 88.4 Å². The summed E-state index contributed by atoms with van der Waals surface area (Å²) in [6.45, 7) is 2.30. The minimum absolute atomic E-state index is 0. The average Bonchev–Trinajstić information content (AvgIpc) is 2.14. The van der Waals surface area contributed by atoms with Crippen LogP contribution in [0.5, 0.6) is 0 Å². The molecule has 1 heteroatoms. The molecule has 0 amide bonds. The summed E-state index contributed by atoms with van der Waals surface area (Å²) in [7, 11) is 0. The second-order valence-corrected chi connectivity index (χ2v) is 2.56. The fraction of sp³-hybridized carbons (Fsp3) is 0.700. The van der Waals surface area contributed by atoms with Gasteiger partial charge in [-0.15, -0.1) is 0 Å². The molecule has 1 fully saturated rings. The predicted octanol–water partition coefficient (Wildman–Crippen LogP) is 3.93. The molecule has 0 heterocycles. The Morgan fingerprint density at radius 2 is 1.36 bits per heavy atom. The third-order valence-electron chi connectivity index (χ3n) is 2.05. The summed E-state index contributed by atoms with van der Waals surface area (Å²) in [6, 6.07) is 0. The quantitative estimate of drug-likeness (QED) is 0.636.